The van der Waals surface area contributed by atoms with E-state index in [0.29, 0.717) is 4.68 Å². The van der Waals surface area contributed by atoms with Crippen molar-refractivity contribution in [2.24, 2.45) is 0 Å². The van der Waals surface area contributed by atoms with Crippen molar-refractivity contribution in [1.82, 2.24) is 29.6 Å². The molecule has 1 N–H and O–H groups in total. The molecule has 3 aromatic heterocycles. The molecule has 0 bridgehead atoms. The summed E-state index contributed by atoms with van der Waals surface area (Å²) < 4.78 is 40.8. The van der Waals surface area contributed by atoms with Gasteiger partial charge in [-0.2, -0.15) is 18.3 Å². The highest BCUT2D eigenvalue weighted by molar-refractivity contribution is 7.12. The molecule has 0 spiro atoms. The molecular formula is C11H8F3N7OS. The van der Waals surface area contributed by atoms with Crippen molar-refractivity contribution in [3.8, 4) is 5.13 Å². The van der Waals surface area contributed by atoms with E-state index < -0.39 is 17.8 Å². The summed E-state index contributed by atoms with van der Waals surface area (Å²) in [6.07, 6.45) is -2.06. The second-order valence-corrected chi connectivity index (χ2v) is 5.24. The highest BCUT2D eigenvalue weighted by Crippen LogP contribution is 2.32. The monoisotopic (exact) mass is 343 g/mol. The van der Waals surface area contributed by atoms with E-state index in [-0.39, 0.29) is 16.5 Å². The predicted octanol–water partition coefficient (Wildman–Crippen LogP) is 1.63. The number of hydrogen-bond donors (Lipinski definition) is 1. The van der Waals surface area contributed by atoms with E-state index in [9.17, 15) is 18.0 Å². The van der Waals surface area contributed by atoms with Gasteiger partial charge in [-0.25, -0.2) is 14.3 Å². The molecule has 0 atom stereocenters. The van der Waals surface area contributed by atoms with Crippen LogP contribution in [0, 0.1) is 6.92 Å². The van der Waals surface area contributed by atoms with Crippen molar-refractivity contribution in [1.29, 1.82) is 0 Å². The van der Waals surface area contributed by atoms with Crippen LogP contribution in [0.25, 0.3) is 5.13 Å². The first kappa shape index (κ1) is 15.1. The first-order valence-corrected chi connectivity index (χ1v) is 6.98. The van der Waals surface area contributed by atoms with Gasteiger partial charge in [0.2, 0.25) is 5.13 Å². The Morgan fingerprint density at radius 1 is 1.30 bits per heavy atom. The fourth-order valence-electron chi connectivity index (χ4n) is 1.75. The number of thiazole rings is 1. The van der Waals surface area contributed by atoms with Gasteiger partial charge >= 0.3 is 6.18 Å². The number of halogens is 3. The minimum absolute atomic E-state index is 0.0417. The number of aryl methyl sites for hydroxylation is 1. The van der Waals surface area contributed by atoms with Gasteiger partial charge in [0.25, 0.3) is 5.91 Å². The van der Waals surface area contributed by atoms with Crippen molar-refractivity contribution < 1.29 is 18.0 Å². The van der Waals surface area contributed by atoms with E-state index in [0.717, 1.165) is 17.4 Å². The molecule has 0 aliphatic carbocycles. The lowest BCUT2D eigenvalue weighted by Crippen LogP contribution is -2.22. The van der Waals surface area contributed by atoms with Crippen LogP contribution in [0.4, 0.5) is 13.2 Å². The first-order valence-electron chi connectivity index (χ1n) is 6.10. The van der Waals surface area contributed by atoms with E-state index in [1.807, 2.05) is 0 Å². The Morgan fingerprint density at radius 2 is 2.00 bits per heavy atom. The topological polar surface area (TPSA) is 90.5 Å². The van der Waals surface area contributed by atoms with Gasteiger partial charge in [0.15, 0.2) is 5.69 Å². The summed E-state index contributed by atoms with van der Waals surface area (Å²) >= 11 is 0.875. The smallest absolute Gasteiger partial charge is 0.266 e. The molecule has 0 aliphatic heterocycles. The molecular weight excluding hydrogens is 335 g/mol. The Labute approximate surface area is 130 Å². The Bertz CT molecular complexity index is 836. The van der Waals surface area contributed by atoms with Crippen LogP contribution in [0.5, 0.6) is 0 Å². The maximum atomic E-state index is 13.0. The summed E-state index contributed by atoms with van der Waals surface area (Å²) in [5, 5.41) is 12.1. The standard InChI is InChI=1S/C11H8F3N7OS/c1-6-2-8(11(12,13)14)21(18-6)10-17-7(3-23-10)9(22)19-20-4-15-16-5-20/h2-5H,1H3,(H,19,22). The SMILES string of the molecule is Cc1cc(C(F)(F)F)n(-c2nc(C(=O)Nn3cnnc3)cs2)n1. The fraction of sp³-hybridized carbons (Fsp3) is 0.182. The van der Waals surface area contributed by atoms with Crippen LogP contribution in [0.1, 0.15) is 21.9 Å². The van der Waals surface area contributed by atoms with Gasteiger partial charge in [0.1, 0.15) is 18.3 Å². The van der Waals surface area contributed by atoms with Crippen LogP contribution in [-0.4, -0.2) is 35.5 Å². The summed E-state index contributed by atoms with van der Waals surface area (Å²) in [6.45, 7) is 1.44. The molecule has 0 aromatic carbocycles. The Balaban J connectivity index is 1.89. The third-order valence-corrected chi connectivity index (χ3v) is 3.49. The normalized spacial score (nSPS) is 11.7. The Hall–Kier alpha value is -2.76. The molecule has 0 saturated heterocycles. The Kier molecular flexibility index (Phi) is 3.60. The van der Waals surface area contributed by atoms with E-state index in [2.05, 4.69) is 25.7 Å². The largest absolute Gasteiger partial charge is 0.433 e. The minimum Gasteiger partial charge on any atom is -0.266 e. The maximum Gasteiger partial charge on any atom is 0.433 e. The zero-order valence-electron chi connectivity index (χ0n) is 11.4. The molecule has 12 heteroatoms. The second-order valence-electron chi connectivity index (χ2n) is 4.41. The van der Waals surface area contributed by atoms with Gasteiger partial charge in [0, 0.05) is 5.38 Å². The van der Waals surface area contributed by atoms with E-state index in [1.165, 1.54) is 29.6 Å². The molecule has 120 valence electrons. The molecule has 23 heavy (non-hydrogen) atoms. The summed E-state index contributed by atoms with van der Waals surface area (Å²) in [4.78, 5) is 15.8. The van der Waals surface area contributed by atoms with Crippen molar-refractivity contribution in [2.45, 2.75) is 13.1 Å². The van der Waals surface area contributed by atoms with E-state index in [4.69, 9.17) is 0 Å². The summed E-state index contributed by atoms with van der Waals surface area (Å²) in [5.41, 5.74) is 1.60. The molecule has 0 unspecified atom stereocenters. The number of carbonyl (C=O) groups excluding carboxylic acids is 1. The van der Waals surface area contributed by atoms with Gasteiger partial charge < -0.3 is 0 Å². The third-order valence-electron chi connectivity index (χ3n) is 2.68. The van der Waals surface area contributed by atoms with Crippen molar-refractivity contribution in [3.63, 3.8) is 0 Å². The van der Waals surface area contributed by atoms with Gasteiger partial charge in [0.05, 0.1) is 5.69 Å². The summed E-state index contributed by atoms with van der Waals surface area (Å²) in [7, 11) is 0. The summed E-state index contributed by atoms with van der Waals surface area (Å²) in [6, 6.07) is 0.915. The zero-order valence-corrected chi connectivity index (χ0v) is 12.3. The second kappa shape index (κ2) is 5.46. The van der Waals surface area contributed by atoms with Gasteiger partial charge in [-0.15, -0.1) is 21.5 Å². The van der Waals surface area contributed by atoms with Crippen molar-refractivity contribution in [3.05, 3.63) is 41.2 Å². The molecule has 0 fully saturated rings. The number of carbonyl (C=O) groups is 1. The summed E-state index contributed by atoms with van der Waals surface area (Å²) in [5.74, 6) is -0.607. The lowest BCUT2D eigenvalue weighted by atomic mass is 10.3. The fourth-order valence-corrected chi connectivity index (χ4v) is 2.51. The zero-order chi connectivity index (χ0) is 16.6. The predicted molar refractivity (Wildman–Crippen MR) is 72.7 cm³/mol. The van der Waals surface area contributed by atoms with E-state index in [1.54, 1.807) is 0 Å². The number of hydrogen-bond acceptors (Lipinski definition) is 6. The maximum absolute atomic E-state index is 13.0. The molecule has 3 aromatic rings. The lowest BCUT2D eigenvalue weighted by Gasteiger charge is -2.07. The Morgan fingerprint density at radius 3 is 2.65 bits per heavy atom. The average Bonchev–Trinajstić information content (AvgIpc) is 3.15. The lowest BCUT2D eigenvalue weighted by molar-refractivity contribution is -0.142. The number of alkyl halides is 3. The van der Waals surface area contributed by atoms with Crippen molar-refractivity contribution in [2.75, 3.05) is 5.43 Å². The molecule has 3 heterocycles. The third kappa shape index (κ3) is 3.06. The van der Waals surface area contributed by atoms with Crippen LogP contribution >= 0.6 is 11.3 Å². The van der Waals surface area contributed by atoms with Crippen molar-refractivity contribution >= 4 is 17.2 Å². The van der Waals surface area contributed by atoms with Crippen LogP contribution in [0.3, 0.4) is 0 Å². The van der Waals surface area contributed by atoms with Crippen LogP contribution < -0.4 is 5.43 Å². The molecule has 0 radical (unpaired) electrons. The molecule has 3 rings (SSSR count). The van der Waals surface area contributed by atoms with E-state index >= 15 is 0 Å². The number of rotatable bonds is 3. The number of nitrogens with one attached hydrogen (secondary N) is 1. The minimum atomic E-state index is -4.57. The number of aromatic nitrogens is 6. The van der Waals surface area contributed by atoms with Crippen LogP contribution in [-0.2, 0) is 6.18 Å². The highest BCUT2D eigenvalue weighted by atomic mass is 32.1. The van der Waals surface area contributed by atoms with Crippen LogP contribution in [0.15, 0.2) is 24.1 Å². The highest BCUT2D eigenvalue weighted by Gasteiger charge is 2.36. The van der Waals surface area contributed by atoms with Gasteiger partial charge in [-0.3, -0.25) is 10.2 Å². The number of amides is 1. The first-order chi connectivity index (χ1) is 10.8. The molecule has 8 nitrogen and oxygen atoms in total. The molecule has 0 aliphatic rings. The van der Waals surface area contributed by atoms with Crippen LogP contribution in [0.2, 0.25) is 0 Å². The van der Waals surface area contributed by atoms with Gasteiger partial charge in [-0.05, 0) is 13.0 Å². The van der Waals surface area contributed by atoms with Gasteiger partial charge in [-0.1, -0.05) is 0 Å². The quantitative estimate of drug-likeness (QED) is 0.781. The number of nitrogens with zero attached hydrogens (tertiary/aromatic N) is 6. The molecule has 0 saturated carbocycles. The average molecular weight is 343 g/mol. The molecule has 1 amide bonds.